The normalized spacial score (nSPS) is 21.2. The van der Waals surface area contributed by atoms with Crippen LogP contribution in [0.5, 0.6) is 5.75 Å². The molecule has 2 aromatic rings. The molecule has 6 N–H and O–H groups in total. The van der Waals surface area contributed by atoms with Crippen LogP contribution in [0.1, 0.15) is 79.5 Å². The molecule has 0 aliphatic heterocycles. The Morgan fingerprint density at radius 3 is 2.77 bits per heavy atom. The number of H-pyrrole nitrogens is 2. The fourth-order valence-electron chi connectivity index (χ4n) is 5.00. The Hall–Kier alpha value is -3.56. The van der Waals surface area contributed by atoms with Gasteiger partial charge in [-0.1, -0.05) is 25.5 Å². The van der Waals surface area contributed by atoms with E-state index in [0.29, 0.717) is 25.9 Å². The molecule has 188 valence electrons. The summed E-state index contributed by atoms with van der Waals surface area (Å²) in [6.07, 6.45) is 6.61. The van der Waals surface area contributed by atoms with Crippen molar-refractivity contribution in [2.24, 2.45) is 5.92 Å². The summed E-state index contributed by atoms with van der Waals surface area (Å²) in [7, 11) is 0. The summed E-state index contributed by atoms with van der Waals surface area (Å²) in [5.74, 6) is 0.0235. The quantitative estimate of drug-likeness (QED) is 0.361. The molecule has 1 saturated carbocycles. The molecule has 1 unspecified atom stereocenters. The number of benzene rings is 1. The Morgan fingerprint density at radius 2 is 1.97 bits per heavy atom. The molecule has 1 aromatic carbocycles. The van der Waals surface area contributed by atoms with Crippen molar-refractivity contribution in [2.45, 2.75) is 70.4 Å². The lowest BCUT2D eigenvalue weighted by atomic mass is 9.86. The van der Waals surface area contributed by atoms with Gasteiger partial charge < -0.3 is 26.1 Å². The number of anilines is 1. The second kappa shape index (κ2) is 10.8. The molecule has 1 aromatic heterocycles. The molecule has 4 rings (SSSR count). The molecular weight excluding hydrogens is 450 g/mol. The number of aromatic amines is 2. The molecule has 3 atom stereocenters. The van der Waals surface area contributed by atoms with Crippen LogP contribution >= 0.6 is 0 Å². The van der Waals surface area contributed by atoms with Gasteiger partial charge in [-0.2, -0.15) is 0 Å². The van der Waals surface area contributed by atoms with E-state index in [0.717, 1.165) is 43.4 Å². The third kappa shape index (κ3) is 5.58. The van der Waals surface area contributed by atoms with Crippen LogP contribution in [-0.4, -0.2) is 34.4 Å². The molecule has 0 saturated heterocycles. The zero-order valence-electron chi connectivity index (χ0n) is 19.9. The number of fused-ring (bicyclic) bond motifs is 1. The van der Waals surface area contributed by atoms with Crippen molar-refractivity contribution in [3.63, 3.8) is 0 Å². The van der Waals surface area contributed by atoms with E-state index in [1.54, 1.807) is 0 Å². The van der Waals surface area contributed by atoms with Gasteiger partial charge in [0.1, 0.15) is 17.1 Å². The number of amides is 2. The second-order valence-electron chi connectivity index (χ2n) is 9.36. The predicted octanol–water partition coefficient (Wildman–Crippen LogP) is 1.92. The van der Waals surface area contributed by atoms with Crippen LogP contribution < -0.4 is 32.4 Å². The fourth-order valence-corrected chi connectivity index (χ4v) is 5.00. The van der Waals surface area contributed by atoms with Crippen LogP contribution in [0.3, 0.4) is 0 Å². The van der Waals surface area contributed by atoms with Crippen LogP contribution in [0, 0.1) is 5.92 Å². The van der Waals surface area contributed by atoms with Gasteiger partial charge in [-0.25, -0.2) is 4.79 Å². The van der Waals surface area contributed by atoms with E-state index in [4.69, 9.17) is 10.5 Å². The zero-order valence-corrected chi connectivity index (χ0v) is 19.9. The first-order valence-corrected chi connectivity index (χ1v) is 12.3. The maximum absolute atomic E-state index is 13.1. The summed E-state index contributed by atoms with van der Waals surface area (Å²) in [5, 5.41) is 6.01. The molecule has 2 aliphatic carbocycles. The monoisotopic (exact) mass is 483 g/mol. The van der Waals surface area contributed by atoms with Gasteiger partial charge in [0.15, 0.2) is 0 Å². The minimum absolute atomic E-state index is 0.0269. The number of nitrogens with one attached hydrogen (secondary N) is 4. The van der Waals surface area contributed by atoms with Crippen molar-refractivity contribution >= 4 is 17.5 Å². The van der Waals surface area contributed by atoms with E-state index in [1.807, 2.05) is 17.1 Å². The van der Waals surface area contributed by atoms with Crippen molar-refractivity contribution in [1.29, 1.82) is 0 Å². The lowest BCUT2D eigenvalue weighted by Crippen LogP contribution is -2.39. The minimum Gasteiger partial charge on any atom is -0.493 e. The van der Waals surface area contributed by atoms with Crippen LogP contribution in [0.15, 0.2) is 27.8 Å². The average Bonchev–Trinajstić information content (AvgIpc) is 3.30. The summed E-state index contributed by atoms with van der Waals surface area (Å²) in [4.78, 5) is 53.1. The molecule has 10 heteroatoms. The molecule has 1 fully saturated rings. The standard InChI is InChI=1S/C25H33N5O5/c1-2-3-12-35-19-9-5-6-16-17(19)7-4-8-18(16)28-22(31)14-10-11-15(13-14)27-24(33)21-20(26)23(32)30-25(34)29-21/h5-6,9,14-15,18H,2-4,7-8,10-13,26H2,1H3,(H,27,33)(H,28,31)(H2,29,30,32,34)/t14-,15?,18-/m1/s1. The predicted molar refractivity (Wildman–Crippen MR) is 131 cm³/mol. The van der Waals surface area contributed by atoms with Gasteiger partial charge in [0, 0.05) is 12.0 Å². The maximum Gasteiger partial charge on any atom is 0.326 e. The van der Waals surface area contributed by atoms with Crippen molar-refractivity contribution in [2.75, 3.05) is 12.3 Å². The Bertz CT molecular complexity index is 1200. The lowest BCUT2D eigenvalue weighted by Gasteiger charge is -2.29. The fraction of sp³-hybridized carbons (Fsp3) is 0.520. The Morgan fingerprint density at radius 1 is 1.14 bits per heavy atom. The van der Waals surface area contributed by atoms with Crippen LogP contribution in [0.25, 0.3) is 0 Å². The van der Waals surface area contributed by atoms with E-state index in [-0.39, 0.29) is 35.3 Å². The van der Waals surface area contributed by atoms with Gasteiger partial charge in [-0.05, 0) is 62.1 Å². The number of aromatic nitrogens is 2. The van der Waals surface area contributed by atoms with Gasteiger partial charge in [0.05, 0.1) is 12.6 Å². The van der Waals surface area contributed by atoms with Gasteiger partial charge in [-0.3, -0.25) is 19.4 Å². The Kier molecular flexibility index (Phi) is 7.57. The highest BCUT2D eigenvalue weighted by molar-refractivity contribution is 5.97. The number of hydrogen-bond donors (Lipinski definition) is 5. The summed E-state index contributed by atoms with van der Waals surface area (Å²) >= 11 is 0. The van der Waals surface area contributed by atoms with Crippen LogP contribution in [0.2, 0.25) is 0 Å². The molecule has 0 bridgehead atoms. The first-order chi connectivity index (χ1) is 16.9. The highest BCUT2D eigenvalue weighted by Gasteiger charge is 2.33. The van der Waals surface area contributed by atoms with E-state index in [2.05, 4.69) is 28.6 Å². The first-order valence-electron chi connectivity index (χ1n) is 12.3. The van der Waals surface area contributed by atoms with E-state index >= 15 is 0 Å². The molecule has 1 heterocycles. The van der Waals surface area contributed by atoms with Crippen LogP contribution in [-0.2, 0) is 11.2 Å². The van der Waals surface area contributed by atoms with Crippen molar-refractivity contribution in [1.82, 2.24) is 20.6 Å². The van der Waals surface area contributed by atoms with E-state index in [1.165, 1.54) is 5.56 Å². The second-order valence-corrected chi connectivity index (χ2v) is 9.36. The number of nitrogens with two attached hydrogens (primary N) is 1. The Labute approximate surface area is 203 Å². The van der Waals surface area contributed by atoms with Gasteiger partial charge in [0.2, 0.25) is 5.91 Å². The van der Waals surface area contributed by atoms with Gasteiger partial charge >= 0.3 is 5.69 Å². The smallest absolute Gasteiger partial charge is 0.326 e. The number of rotatable bonds is 8. The highest BCUT2D eigenvalue weighted by Crippen LogP contribution is 2.36. The number of carbonyl (C=O) groups is 2. The highest BCUT2D eigenvalue weighted by atomic mass is 16.5. The number of hydrogen-bond acceptors (Lipinski definition) is 6. The molecule has 2 amide bonds. The third-order valence-electron chi connectivity index (χ3n) is 6.88. The summed E-state index contributed by atoms with van der Waals surface area (Å²) < 4.78 is 6.00. The minimum atomic E-state index is -0.811. The summed E-state index contributed by atoms with van der Waals surface area (Å²) in [5.41, 5.74) is 5.73. The number of unbranched alkanes of at least 4 members (excludes halogenated alkanes) is 1. The summed E-state index contributed by atoms with van der Waals surface area (Å²) in [6.45, 7) is 2.82. The SMILES string of the molecule is CCCCOc1cccc2c1CCC[C@H]2NC(=O)[C@@H]1CCC(NC(=O)c2[nH]c(=O)[nH]c(=O)c2N)C1. The Balaban J connectivity index is 1.37. The van der Waals surface area contributed by atoms with Crippen molar-refractivity contribution < 1.29 is 14.3 Å². The molecule has 35 heavy (non-hydrogen) atoms. The largest absolute Gasteiger partial charge is 0.493 e. The first kappa shape index (κ1) is 24.6. The number of ether oxygens (including phenoxy) is 1. The van der Waals surface area contributed by atoms with Gasteiger partial charge in [-0.15, -0.1) is 0 Å². The van der Waals surface area contributed by atoms with E-state index < -0.39 is 17.2 Å². The average molecular weight is 484 g/mol. The van der Waals surface area contributed by atoms with Crippen molar-refractivity contribution in [3.05, 3.63) is 55.9 Å². The molecular formula is C25H33N5O5. The third-order valence-corrected chi connectivity index (χ3v) is 6.88. The molecule has 0 spiro atoms. The lowest BCUT2D eigenvalue weighted by molar-refractivity contribution is -0.125. The molecule has 10 nitrogen and oxygen atoms in total. The number of carbonyl (C=O) groups excluding carboxylic acids is 2. The summed E-state index contributed by atoms with van der Waals surface area (Å²) in [6, 6.07) is 5.74. The van der Waals surface area contributed by atoms with Crippen LogP contribution in [0.4, 0.5) is 5.69 Å². The number of nitrogen functional groups attached to an aromatic ring is 1. The zero-order chi connectivity index (χ0) is 24.9. The van der Waals surface area contributed by atoms with Gasteiger partial charge in [0.25, 0.3) is 11.5 Å². The van der Waals surface area contributed by atoms with Crippen molar-refractivity contribution in [3.8, 4) is 5.75 Å². The topological polar surface area (TPSA) is 159 Å². The molecule has 0 radical (unpaired) electrons. The maximum atomic E-state index is 13.1. The molecule has 2 aliphatic rings. The van der Waals surface area contributed by atoms with E-state index in [9.17, 15) is 19.2 Å².